The molecule has 0 aromatic heterocycles. The number of carbonyl (C=O) groups excluding carboxylic acids is 1. The molecule has 2 rings (SSSR count). The average molecular weight is 346 g/mol. The zero-order chi connectivity index (χ0) is 18.1. The monoisotopic (exact) mass is 346 g/mol. The zero-order valence-electron chi connectivity index (χ0n) is 12.9. The smallest absolute Gasteiger partial charge is 0.393 e. The molecule has 1 aliphatic rings. The number of amides is 1. The van der Waals surface area contributed by atoms with Gasteiger partial charge in [0.15, 0.2) is 0 Å². The van der Waals surface area contributed by atoms with E-state index in [1.54, 1.807) is 6.92 Å². The van der Waals surface area contributed by atoms with Crippen molar-refractivity contribution in [1.29, 1.82) is 0 Å². The van der Waals surface area contributed by atoms with Gasteiger partial charge in [-0.25, -0.2) is 0 Å². The normalized spacial score (nSPS) is 19.9. The van der Waals surface area contributed by atoms with E-state index in [0.717, 1.165) is 12.5 Å². The molecule has 1 aliphatic heterocycles. The lowest BCUT2D eigenvalue weighted by Gasteiger charge is -2.34. The van der Waals surface area contributed by atoms with Gasteiger partial charge in [-0.1, -0.05) is 0 Å². The van der Waals surface area contributed by atoms with Gasteiger partial charge in [0.2, 0.25) is 0 Å². The molecule has 0 spiro atoms. The molecule has 1 amide bonds. The van der Waals surface area contributed by atoms with Crippen LogP contribution in [-0.2, 0) is 6.18 Å². The minimum atomic E-state index is -4.73. The fourth-order valence-corrected chi connectivity index (χ4v) is 2.80. The number of nitrogens with zero attached hydrogens (tertiary/aromatic N) is 2. The third-order valence-electron chi connectivity index (χ3n) is 4.18. The van der Waals surface area contributed by atoms with Crippen LogP contribution in [0.3, 0.4) is 0 Å². The van der Waals surface area contributed by atoms with E-state index in [1.165, 1.54) is 4.90 Å². The third kappa shape index (κ3) is 3.84. The van der Waals surface area contributed by atoms with Crippen LogP contribution in [0.1, 0.15) is 35.7 Å². The second kappa shape index (κ2) is 6.76. The molecule has 1 fully saturated rings. The number of likely N-dealkylation sites (tertiary alicyclic amines) is 1. The molecule has 0 saturated carbocycles. The first-order chi connectivity index (χ1) is 11.1. The summed E-state index contributed by atoms with van der Waals surface area (Å²) in [6.45, 7) is 2.16. The van der Waals surface area contributed by atoms with Crippen molar-refractivity contribution in [3.8, 4) is 0 Å². The fourth-order valence-electron chi connectivity index (χ4n) is 2.80. The van der Waals surface area contributed by atoms with Crippen LogP contribution >= 0.6 is 0 Å². The molecule has 1 aromatic carbocycles. The Morgan fingerprint density at radius 3 is 2.67 bits per heavy atom. The van der Waals surface area contributed by atoms with Gasteiger partial charge in [-0.05, 0) is 31.9 Å². The van der Waals surface area contributed by atoms with E-state index in [-0.39, 0.29) is 18.0 Å². The van der Waals surface area contributed by atoms with Crippen molar-refractivity contribution in [2.45, 2.75) is 32.0 Å². The zero-order valence-corrected chi connectivity index (χ0v) is 12.9. The van der Waals surface area contributed by atoms with Crippen molar-refractivity contribution in [2.24, 2.45) is 5.92 Å². The second-order valence-corrected chi connectivity index (χ2v) is 5.88. The van der Waals surface area contributed by atoms with Crippen LogP contribution < -0.4 is 0 Å². The molecule has 6 nitrogen and oxygen atoms in total. The van der Waals surface area contributed by atoms with Crippen molar-refractivity contribution in [2.75, 3.05) is 13.1 Å². The first-order valence-electron chi connectivity index (χ1n) is 7.44. The molecule has 9 heteroatoms. The minimum absolute atomic E-state index is 0.156. The Bertz CT molecular complexity index is 646. The minimum Gasteiger partial charge on any atom is -0.393 e. The number of piperidine rings is 1. The van der Waals surface area contributed by atoms with E-state index in [4.69, 9.17) is 0 Å². The summed E-state index contributed by atoms with van der Waals surface area (Å²) in [5.74, 6) is -0.850. The van der Waals surface area contributed by atoms with Gasteiger partial charge >= 0.3 is 6.18 Å². The van der Waals surface area contributed by atoms with E-state index in [2.05, 4.69) is 0 Å². The van der Waals surface area contributed by atoms with Crippen molar-refractivity contribution < 1.29 is 28.0 Å². The van der Waals surface area contributed by atoms with Crippen LogP contribution in [0.25, 0.3) is 0 Å². The lowest BCUT2D eigenvalue weighted by atomic mass is 9.93. The quantitative estimate of drug-likeness (QED) is 0.674. The second-order valence-electron chi connectivity index (χ2n) is 5.88. The number of benzene rings is 1. The van der Waals surface area contributed by atoms with Gasteiger partial charge in [0, 0.05) is 25.1 Å². The lowest BCUT2D eigenvalue weighted by Crippen LogP contribution is -2.43. The van der Waals surface area contributed by atoms with Gasteiger partial charge in [0.1, 0.15) is 5.56 Å². The Hall–Kier alpha value is -2.16. The number of aliphatic hydroxyl groups is 1. The van der Waals surface area contributed by atoms with Crippen LogP contribution in [0, 0.1) is 16.0 Å². The molecule has 24 heavy (non-hydrogen) atoms. The third-order valence-corrected chi connectivity index (χ3v) is 4.18. The van der Waals surface area contributed by atoms with Crippen LogP contribution in [-0.4, -0.2) is 40.0 Å². The lowest BCUT2D eigenvalue weighted by molar-refractivity contribution is -0.385. The van der Waals surface area contributed by atoms with Gasteiger partial charge in [-0.3, -0.25) is 14.9 Å². The summed E-state index contributed by atoms with van der Waals surface area (Å²) >= 11 is 0. The Morgan fingerprint density at radius 1 is 1.46 bits per heavy atom. The molecule has 2 unspecified atom stereocenters. The predicted octanol–water partition coefficient (Wildman–Crippen LogP) is 2.85. The van der Waals surface area contributed by atoms with E-state index in [9.17, 15) is 33.2 Å². The molecule has 0 radical (unpaired) electrons. The molecule has 1 aromatic rings. The van der Waals surface area contributed by atoms with Gasteiger partial charge in [0.05, 0.1) is 16.6 Å². The molecule has 1 saturated heterocycles. The Kier molecular flexibility index (Phi) is 5.12. The summed E-state index contributed by atoms with van der Waals surface area (Å²) < 4.78 is 38.1. The van der Waals surface area contributed by atoms with Crippen molar-refractivity contribution in [3.63, 3.8) is 0 Å². The molecule has 1 heterocycles. The Morgan fingerprint density at radius 2 is 2.12 bits per heavy atom. The topological polar surface area (TPSA) is 83.7 Å². The Labute approximate surface area is 136 Å². The molecular weight excluding hydrogens is 329 g/mol. The maximum Gasteiger partial charge on any atom is 0.416 e. The van der Waals surface area contributed by atoms with E-state index in [0.29, 0.717) is 25.1 Å². The molecule has 0 bridgehead atoms. The van der Waals surface area contributed by atoms with Gasteiger partial charge in [-0.15, -0.1) is 0 Å². The van der Waals surface area contributed by atoms with Gasteiger partial charge < -0.3 is 10.0 Å². The maximum atomic E-state index is 12.7. The number of nitro benzene ring substituents is 1. The van der Waals surface area contributed by atoms with E-state index >= 15 is 0 Å². The molecule has 132 valence electrons. The summed E-state index contributed by atoms with van der Waals surface area (Å²) in [6.07, 6.45) is -4.02. The van der Waals surface area contributed by atoms with Gasteiger partial charge in [-0.2, -0.15) is 13.2 Å². The standard InChI is InChI=1S/C15H17F3N2O4/c1-9(21)10-3-2-6-19(8-10)14(22)12-5-4-11(15(16,17)18)7-13(12)20(23)24/h4-5,7,9-10,21H,2-3,6,8H2,1H3. The average Bonchev–Trinajstić information content (AvgIpc) is 2.52. The number of hydrogen-bond acceptors (Lipinski definition) is 4. The molecular formula is C15H17F3N2O4. The molecule has 2 atom stereocenters. The molecule has 1 N–H and O–H groups in total. The van der Waals surface area contributed by atoms with Crippen molar-refractivity contribution >= 4 is 11.6 Å². The SMILES string of the molecule is CC(O)C1CCCN(C(=O)c2ccc(C(F)(F)F)cc2[N+](=O)[O-])C1. The number of aliphatic hydroxyl groups excluding tert-OH is 1. The fraction of sp³-hybridized carbons (Fsp3) is 0.533. The Balaban J connectivity index is 2.33. The number of hydrogen-bond donors (Lipinski definition) is 1. The first-order valence-corrected chi connectivity index (χ1v) is 7.44. The maximum absolute atomic E-state index is 12.7. The summed E-state index contributed by atoms with van der Waals surface area (Å²) in [4.78, 5) is 24.0. The van der Waals surface area contributed by atoms with Crippen molar-refractivity contribution in [1.82, 2.24) is 4.90 Å². The largest absolute Gasteiger partial charge is 0.416 e. The highest BCUT2D eigenvalue weighted by atomic mass is 19.4. The molecule has 0 aliphatic carbocycles. The van der Waals surface area contributed by atoms with E-state index in [1.807, 2.05) is 0 Å². The number of rotatable bonds is 3. The number of carbonyl (C=O) groups is 1. The number of nitro groups is 1. The van der Waals surface area contributed by atoms with Gasteiger partial charge in [0.25, 0.3) is 11.6 Å². The highest BCUT2D eigenvalue weighted by Gasteiger charge is 2.35. The predicted molar refractivity (Wildman–Crippen MR) is 78.4 cm³/mol. The summed E-state index contributed by atoms with van der Waals surface area (Å²) in [5.41, 5.74) is -2.42. The highest BCUT2D eigenvalue weighted by Crippen LogP contribution is 2.34. The summed E-state index contributed by atoms with van der Waals surface area (Å²) in [6, 6.07) is 1.88. The van der Waals surface area contributed by atoms with Crippen LogP contribution in [0.4, 0.5) is 18.9 Å². The van der Waals surface area contributed by atoms with Crippen LogP contribution in [0.15, 0.2) is 18.2 Å². The van der Waals surface area contributed by atoms with Crippen LogP contribution in [0.2, 0.25) is 0 Å². The number of halogens is 3. The number of alkyl halides is 3. The summed E-state index contributed by atoms with van der Waals surface area (Å²) in [5, 5.41) is 20.7. The van der Waals surface area contributed by atoms with Crippen molar-refractivity contribution in [3.05, 3.63) is 39.4 Å². The van der Waals surface area contributed by atoms with Crippen LogP contribution in [0.5, 0.6) is 0 Å². The van der Waals surface area contributed by atoms with E-state index < -0.39 is 34.4 Å². The first kappa shape index (κ1) is 18.2. The summed E-state index contributed by atoms with van der Waals surface area (Å²) in [7, 11) is 0. The highest BCUT2D eigenvalue weighted by molar-refractivity contribution is 5.98.